The van der Waals surface area contributed by atoms with Crippen LogP contribution in [0.15, 0.2) is 27.1 Å². The summed E-state index contributed by atoms with van der Waals surface area (Å²) in [7, 11) is 0. The molecule has 5 heteroatoms. The SMILES string of the molecule is CCC(CC1CCOCC1)c1cc(O)c(C2(CC3CC3)CC=C(C)O2)c(=O)o1. The molecule has 1 aliphatic carbocycles. The maximum atomic E-state index is 13.0. The largest absolute Gasteiger partial charge is 0.507 e. The van der Waals surface area contributed by atoms with E-state index in [2.05, 4.69) is 6.92 Å². The second-order valence-electron chi connectivity index (χ2n) is 8.86. The number of rotatable bonds is 7. The van der Waals surface area contributed by atoms with Crippen LogP contribution in [0.1, 0.15) is 82.5 Å². The van der Waals surface area contributed by atoms with Crippen molar-refractivity contribution in [2.24, 2.45) is 11.8 Å². The van der Waals surface area contributed by atoms with Crippen LogP contribution < -0.4 is 5.63 Å². The summed E-state index contributed by atoms with van der Waals surface area (Å²) in [5.41, 5.74) is -0.905. The highest BCUT2D eigenvalue weighted by Crippen LogP contribution is 2.49. The molecule has 28 heavy (non-hydrogen) atoms. The summed E-state index contributed by atoms with van der Waals surface area (Å²) in [5, 5.41) is 10.9. The summed E-state index contributed by atoms with van der Waals surface area (Å²) < 4.78 is 17.4. The van der Waals surface area contributed by atoms with Crippen LogP contribution >= 0.6 is 0 Å². The molecule has 4 rings (SSSR count). The molecule has 0 amide bonds. The molecule has 2 unspecified atom stereocenters. The zero-order chi connectivity index (χ0) is 19.7. The molecule has 2 aliphatic heterocycles. The van der Waals surface area contributed by atoms with E-state index in [4.69, 9.17) is 13.9 Å². The van der Waals surface area contributed by atoms with Gasteiger partial charge in [-0.15, -0.1) is 0 Å². The first-order valence-corrected chi connectivity index (χ1v) is 10.8. The van der Waals surface area contributed by atoms with Gasteiger partial charge in [-0.25, -0.2) is 4.79 Å². The number of allylic oxidation sites excluding steroid dienone is 1. The van der Waals surface area contributed by atoms with Crippen molar-refractivity contribution in [1.29, 1.82) is 0 Å². The first kappa shape index (κ1) is 19.6. The molecule has 1 aromatic heterocycles. The summed E-state index contributed by atoms with van der Waals surface area (Å²) in [5.74, 6) is 2.73. The Morgan fingerprint density at radius 3 is 2.54 bits per heavy atom. The molecule has 2 atom stereocenters. The van der Waals surface area contributed by atoms with E-state index >= 15 is 0 Å². The van der Waals surface area contributed by atoms with E-state index in [1.54, 1.807) is 6.07 Å². The van der Waals surface area contributed by atoms with E-state index in [1.807, 2.05) is 13.0 Å². The van der Waals surface area contributed by atoms with Crippen LogP contribution in [0.2, 0.25) is 0 Å². The van der Waals surface area contributed by atoms with Crippen LogP contribution in [0.25, 0.3) is 0 Å². The van der Waals surface area contributed by atoms with Crippen LogP contribution in [0.4, 0.5) is 0 Å². The Bertz CT molecular complexity index is 785. The topological polar surface area (TPSA) is 68.9 Å². The lowest BCUT2D eigenvalue weighted by Gasteiger charge is -2.30. The lowest BCUT2D eigenvalue weighted by molar-refractivity contribution is 0.00448. The number of hydrogen-bond donors (Lipinski definition) is 1. The van der Waals surface area contributed by atoms with E-state index in [0.29, 0.717) is 29.6 Å². The fourth-order valence-electron chi connectivity index (χ4n) is 4.86. The van der Waals surface area contributed by atoms with Crippen LogP contribution in [-0.2, 0) is 15.1 Å². The molecule has 1 saturated carbocycles. The lowest BCUT2D eigenvalue weighted by atomic mass is 9.84. The minimum Gasteiger partial charge on any atom is -0.507 e. The monoisotopic (exact) mass is 388 g/mol. The van der Waals surface area contributed by atoms with Crippen LogP contribution in [-0.4, -0.2) is 18.3 Å². The van der Waals surface area contributed by atoms with Crippen LogP contribution in [0.5, 0.6) is 5.75 Å². The molecule has 0 radical (unpaired) electrons. The van der Waals surface area contributed by atoms with Gasteiger partial charge in [0.1, 0.15) is 22.7 Å². The predicted molar refractivity (Wildman–Crippen MR) is 106 cm³/mol. The summed E-state index contributed by atoms with van der Waals surface area (Å²) in [6, 6.07) is 1.68. The van der Waals surface area contributed by atoms with Crippen molar-refractivity contribution in [3.8, 4) is 5.75 Å². The second kappa shape index (κ2) is 7.94. The van der Waals surface area contributed by atoms with Crippen molar-refractivity contribution in [1.82, 2.24) is 0 Å². The molecule has 3 aliphatic rings. The molecule has 0 aromatic carbocycles. The molecule has 1 aromatic rings. The summed E-state index contributed by atoms with van der Waals surface area (Å²) in [6.45, 7) is 5.63. The van der Waals surface area contributed by atoms with Crippen LogP contribution in [0.3, 0.4) is 0 Å². The van der Waals surface area contributed by atoms with Crippen molar-refractivity contribution >= 4 is 0 Å². The van der Waals surface area contributed by atoms with E-state index in [1.165, 1.54) is 0 Å². The van der Waals surface area contributed by atoms with Crippen LogP contribution in [0, 0.1) is 11.8 Å². The minimum absolute atomic E-state index is 0.0282. The van der Waals surface area contributed by atoms with Gasteiger partial charge in [-0.1, -0.05) is 19.8 Å². The van der Waals surface area contributed by atoms with Crippen molar-refractivity contribution in [2.45, 2.75) is 76.7 Å². The Morgan fingerprint density at radius 1 is 1.21 bits per heavy atom. The minimum atomic E-state index is -0.767. The molecule has 0 spiro atoms. The number of hydrogen-bond acceptors (Lipinski definition) is 5. The number of aromatic hydroxyl groups is 1. The second-order valence-corrected chi connectivity index (χ2v) is 8.86. The van der Waals surface area contributed by atoms with Crippen molar-refractivity contribution < 1.29 is 19.0 Å². The summed E-state index contributed by atoms with van der Waals surface area (Å²) in [4.78, 5) is 13.0. The molecular weight excluding hydrogens is 356 g/mol. The predicted octanol–water partition coefficient (Wildman–Crippen LogP) is 4.98. The smallest absolute Gasteiger partial charge is 0.347 e. The van der Waals surface area contributed by atoms with E-state index in [9.17, 15) is 9.90 Å². The molecule has 5 nitrogen and oxygen atoms in total. The van der Waals surface area contributed by atoms with Gasteiger partial charge in [-0.2, -0.15) is 0 Å². The zero-order valence-corrected chi connectivity index (χ0v) is 17.0. The Kier molecular flexibility index (Phi) is 5.55. The summed E-state index contributed by atoms with van der Waals surface area (Å²) in [6.07, 6.45) is 9.66. The molecule has 2 fully saturated rings. The zero-order valence-electron chi connectivity index (χ0n) is 17.0. The fraction of sp³-hybridized carbons (Fsp3) is 0.696. The highest BCUT2D eigenvalue weighted by atomic mass is 16.5. The first-order valence-electron chi connectivity index (χ1n) is 10.8. The lowest BCUT2D eigenvalue weighted by Crippen LogP contribution is -2.32. The van der Waals surface area contributed by atoms with Gasteiger partial charge in [0, 0.05) is 31.6 Å². The van der Waals surface area contributed by atoms with Crippen molar-refractivity contribution in [3.05, 3.63) is 39.6 Å². The van der Waals surface area contributed by atoms with Gasteiger partial charge < -0.3 is 19.0 Å². The fourth-order valence-corrected chi connectivity index (χ4v) is 4.86. The highest BCUT2D eigenvalue weighted by molar-refractivity contribution is 5.38. The summed E-state index contributed by atoms with van der Waals surface area (Å²) >= 11 is 0. The van der Waals surface area contributed by atoms with Gasteiger partial charge in [-0.05, 0) is 56.9 Å². The molecular formula is C23H32O5. The van der Waals surface area contributed by atoms with E-state index < -0.39 is 11.2 Å². The number of ether oxygens (including phenoxy) is 2. The normalized spacial score (nSPS) is 26.7. The third-order valence-corrected chi connectivity index (χ3v) is 6.65. The van der Waals surface area contributed by atoms with Gasteiger partial charge in [0.2, 0.25) is 0 Å². The van der Waals surface area contributed by atoms with E-state index in [0.717, 1.165) is 63.9 Å². The van der Waals surface area contributed by atoms with Gasteiger partial charge in [-0.3, -0.25) is 0 Å². The standard InChI is InChI=1S/C23H32O5/c1-3-18(12-16-7-10-26-11-8-16)20-13-19(24)21(22(25)27-20)23(14-17-4-5-17)9-6-15(2)28-23/h6,13,16-18,24H,3-5,7-12,14H2,1-2H3. The quantitative estimate of drug-likeness (QED) is 0.714. The highest BCUT2D eigenvalue weighted by Gasteiger charge is 2.46. The molecule has 1 N–H and O–H groups in total. The Balaban J connectivity index is 1.61. The average molecular weight is 389 g/mol. The molecule has 1 saturated heterocycles. The Labute approximate surface area is 166 Å². The first-order chi connectivity index (χ1) is 13.5. The van der Waals surface area contributed by atoms with Gasteiger partial charge in [0.25, 0.3) is 0 Å². The third-order valence-electron chi connectivity index (χ3n) is 6.65. The van der Waals surface area contributed by atoms with E-state index in [-0.39, 0.29) is 11.7 Å². The maximum absolute atomic E-state index is 13.0. The van der Waals surface area contributed by atoms with Gasteiger partial charge in [0.15, 0.2) is 0 Å². The molecule has 154 valence electrons. The van der Waals surface area contributed by atoms with Crippen molar-refractivity contribution in [2.75, 3.05) is 13.2 Å². The van der Waals surface area contributed by atoms with Gasteiger partial charge in [0.05, 0.1) is 5.76 Å². The molecule has 3 heterocycles. The Morgan fingerprint density at radius 2 is 1.96 bits per heavy atom. The van der Waals surface area contributed by atoms with Crippen molar-refractivity contribution in [3.63, 3.8) is 0 Å². The molecule has 0 bridgehead atoms. The average Bonchev–Trinajstić information content (AvgIpc) is 3.40. The van der Waals surface area contributed by atoms with Gasteiger partial charge >= 0.3 is 5.63 Å². The maximum Gasteiger partial charge on any atom is 0.347 e. The Hall–Kier alpha value is -1.75. The third kappa shape index (κ3) is 4.00.